The summed E-state index contributed by atoms with van der Waals surface area (Å²) in [6, 6.07) is 4.24. The van der Waals surface area contributed by atoms with E-state index in [1.54, 1.807) is 16.0 Å². The zero-order valence-corrected chi connectivity index (χ0v) is 12.7. The summed E-state index contributed by atoms with van der Waals surface area (Å²) in [5.74, 6) is 0. The van der Waals surface area contributed by atoms with Gasteiger partial charge in [0.2, 0.25) is 0 Å². The van der Waals surface area contributed by atoms with E-state index in [-0.39, 0.29) is 6.04 Å². The Balaban J connectivity index is 2.44. The molecule has 2 heterocycles. The molecule has 0 aromatic carbocycles. The Labute approximate surface area is 114 Å². The quantitative estimate of drug-likeness (QED) is 0.909. The number of hydrogen-bond donors (Lipinski definition) is 1. The first-order valence-corrected chi connectivity index (χ1v) is 7.01. The molecule has 0 aliphatic carbocycles. The molecule has 2 rings (SSSR count). The van der Waals surface area contributed by atoms with Crippen LogP contribution in [0.3, 0.4) is 0 Å². The largest absolute Gasteiger partial charge is 0.307 e. The number of thiophene rings is 1. The molecule has 1 N–H and O–H groups in total. The van der Waals surface area contributed by atoms with E-state index in [0.29, 0.717) is 0 Å². The van der Waals surface area contributed by atoms with Gasteiger partial charge in [-0.2, -0.15) is 0 Å². The molecule has 86 valence electrons. The molecule has 2 aromatic heterocycles. The van der Waals surface area contributed by atoms with E-state index in [1.807, 2.05) is 20.2 Å². The number of nitrogens with one attached hydrogen (secondary N) is 1. The summed E-state index contributed by atoms with van der Waals surface area (Å²) in [4.78, 5) is 1.22. The van der Waals surface area contributed by atoms with Crippen LogP contribution in [0.5, 0.6) is 0 Å². The molecule has 0 aliphatic rings. The van der Waals surface area contributed by atoms with Gasteiger partial charge in [-0.1, -0.05) is 5.21 Å². The standard InChI is InChI=1S/C9H10Br2N4S/c1-12-7(5-3-4-6(10)16-5)8-9(11)13-14-15(8)2/h3-4,7,12H,1-2H3. The van der Waals surface area contributed by atoms with Crippen molar-refractivity contribution in [1.82, 2.24) is 20.3 Å². The Morgan fingerprint density at radius 3 is 2.62 bits per heavy atom. The summed E-state index contributed by atoms with van der Waals surface area (Å²) in [5.41, 5.74) is 1.02. The van der Waals surface area contributed by atoms with Crippen molar-refractivity contribution in [2.45, 2.75) is 6.04 Å². The van der Waals surface area contributed by atoms with Gasteiger partial charge < -0.3 is 5.32 Å². The number of rotatable bonds is 3. The molecule has 0 saturated carbocycles. The molecule has 16 heavy (non-hydrogen) atoms. The van der Waals surface area contributed by atoms with Crippen molar-refractivity contribution < 1.29 is 0 Å². The monoisotopic (exact) mass is 364 g/mol. The van der Waals surface area contributed by atoms with Crippen LogP contribution in [0.25, 0.3) is 0 Å². The fourth-order valence-electron chi connectivity index (χ4n) is 1.54. The van der Waals surface area contributed by atoms with Crippen molar-refractivity contribution in [3.63, 3.8) is 0 Å². The summed E-state index contributed by atoms with van der Waals surface area (Å²) >= 11 is 8.59. The predicted octanol–water partition coefficient (Wildman–Crippen LogP) is 2.71. The minimum Gasteiger partial charge on any atom is -0.307 e. The minimum atomic E-state index is 0.102. The highest BCUT2D eigenvalue weighted by atomic mass is 79.9. The summed E-state index contributed by atoms with van der Waals surface area (Å²) in [5, 5.41) is 11.3. The molecule has 0 bridgehead atoms. The van der Waals surface area contributed by atoms with Gasteiger partial charge in [0.1, 0.15) is 0 Å². The van der Waals surface area contributed by atoms with Crippen LogP contribution in [0.4, 0.5) is 0 Å². The third-order valence-electron chi connectivity index (χ3n) is 2.27. The Hall–Kier alpha value is -0.240. The smallest absolute Gasteiger partial charge is 0.153 e. The lowest BCUT2D eigenvalue weighted by Gasteiger charge is -2.14. The fraction of sp³-hybridized carbons (Fsp3) is 0.333. The SMILES string of the molecule is CNC(c1ccc(Br)s1)c1c(Br)nnn1C. The molecule has 0 saturated heterocycles. The predicted molar refractivity (Wildman–Crippen MR) is 71.6 cm³/mol. The summed E-state index contributed by atoms with van der Waals surface area (Å²) < 4.78 is 3.67. The van der Waals surface area contributed by atoms with E-state index in [4.69, 9.17) is 0 Å². The normalized spacial score (nSPS) is 13.0. The van der Waals surface area contributed by atoms with Crippen molar-refractivity contribution in [1.29, 1.82) is 0 Å². The first-order valence-electron chi connectivity index (χ1n) is 4.61. The highest BCUT2D eigenvalue weighted by Gasteiger charge is 2.21. The third-order valence-corrected chi connectivity index (χ3v) is 4.52. The van der Waals surface area contributed by atoms with Crippen LogP contribution in [0, 0.1) is 0 Å². The van der Waals surface area contributed by atoms with Crippen LogP contribution in [0.1, 0.15) is 16.6 Å². The van der Waals surface area contributed by atoms with Gasteiger partial charge in [-0.15, -0.1) is 16.4 Å². The lowest BCUT2D eigenvalue weighted by atomic mass is 10.2. The Kier molecular flexibility index (Phi) is 3.78. The molecule has 0 fully saturated rings. The molecular formula is C9H10Br2N4S. The highest BCUT2D eigenvalue weighted by molar-refractivity contribution is 9.11. The maximum Gasteiger partial charge on any atom is 0.153 e. The van der Waals surface area contributed by atoms with Gasteiger partial charge in [-0.05, 0) is 51.0 Å². The molecular weight excluding hydrogens is 356 g/mol. The minimum absolute atomic E-state index is 0.102. The van der Waals surface area contributed by atoms with E-state index < -0.39 is 0 Å². The molecule has 4 nitrogen and oxygen atoms in total. The van der Waals surface area contributed by atoms with Crippen LogP contribution in [-0.4, -0.2) is 22.0 Å². The van der Waals surface area contributed by atoms with Crippen LogP contribution in [0.15, 0.2) is 20.5 Å². The second kappa shape index (κ2) is 4.95. The van der Waals surface area contributed by atoms with Gasteiger partial charge >= 0.3 is 0 Å². The van der Waals surface area contributed by atoms with Crippen LogP contribution in [0.2, 0.25) is 0 Å². The average Bonchev–Trinajstić information content (AvgIpc) is 2.80. The van der Waals surface area contributed by atoms with Gasteiger partial charge in [-0.25, -0.2) is 4.68 Å². The first kappa shape index (κ1) is 12.2. The van der Waals surface area contributed by atoms with Crippen molar-refractivity contribution in [3.05, 3.63) is 31.1 Å². The lowest BCUT2D eigenvalue weighted by molar-refractivity contribution is 0.603. The Bertz CT molecular complexity index is 474. The fourth-order valence-corrected chi connectivity index (χ4v) is 3.64. The maximum absolute atomic E-state index is 4.00. The molecule has 0 aliphatic heterocycles. The van der Waals surface area contributed by atoms with Crippen LogP contribution >= 0.6 is 43.2 Å². The van der Waals surface area contributed by atoms with E-state index in [2.05, 4.69) is 53.6 Å². The van der Waals surface area contributed by atoms with E-state index in [0.717, 1.165) is 14.1 Å². The van der Waals surface area contributed by atoms with Crippen molar-refractivity contribution >= 4 is 43.2 Å². The number of hydrogen-bond acceptors (Lipinski definition) is 4. The second-order valence-electron chi connectivity index (χ2n) is 3.25. The Morgan fingerprint density at radius 1 is 1.44 bits per heavy atom. The lowest BCUT2D eigenvalue weighted by Crippen LogP contribution is -2.20. The molecule has 1 unspecified atom stereocenters. The van der Waals surface area contributed by atoms with Crippen LogP contribution in [-0.2, 0) is 7.05 Å². The first-order chi connectivity index (χ1) is 7.63. The number of aromatic nitrogens is 3. The molecule has 7 heteroatoms. The molecule has 0 amide bonds. The third kappa shape index (κ3) is 2.22. The van der Waals surface area contributed by atoms with Gasteiger partial charge in [0, 0.05) is 11.9 Å². The van der Waals surface area contributed by atoms with Gasteiger partial charge in [0.25, 0.3) is 0 Å². The van der Waals surface area contributed by atoms with Crippen molar-refractivity contribution in [2.75, 3.05) is 7.05 Å². The van der Waals surface area contributed by atoms with Crippen LogP contribution < -0.4 is 5.32 Å². The number of halogens is 2. The summed E-state index contributed by atoms with van der Waals surface area (Å²) in [6.45, 7) is 0. The Morgan fingerprint density at radius 2 is 2.19 bits per heavy atom. The van der Waals surface area contributed by atoms with Gasteiger partial charge in [0.15, 0.2) is 4.60 Å². The number of nitrogens with zero attached hydrogens (tertiary/aromatic N) is 3. The molecule has 2 aromatic rings. The van der Waals surface area contributed by atoms with E-state index >= 15 is 0 Å². The zero-order valence-electron chi connectivity index (χ0n) is 8.74. The van der Waals surface area contributed by atoms with Crippen molar-refractivity contribution in [3.8, 4) is 0 Å². The van der Waals surface area contributed by atoms with Gasteiger partial charge in [-0.3, -0.25) is 0 Å². The summed E-state index contributed by atoms with van der Waals surface area (Å²) in [7, 11) is 3.82. The average molecular weight is 366 g/mol. The van der Waals surface area contributed by atoms with Gasteiger partial charge in [0.05, 0.1) is 15.5 Å². The highest BCUT2D eigenvalue weighted by Crippen LogP contribution is 2.32. The molecule has 0 radical (unpaired) electrons. The summed E-state index contributed by atoms with van der Waals surface area (Å²) in [6.07, 6.45) is 0. The van der Waals surface area contributed by atoms with Crippen molar-refractivity contribution in [2.24, 2.45) is 7.05 Å². The molecule has 0 spiro atoms. The molecule has 1 atom stereocenters. The van der Waals surface area contributed by atoms with E-state index in [1.165, 1.54) is 4.88 Å². The zero-order chi connectivity index (χ0) is 11.7. The van der Waals surface area contributed by atoms with E-state index in [9.17, 15) is 0 Å². The topological polar surface area (TPSA) is 42.7 Å². The number of aryl methyl sites for hydroxylation is 1. The second-order valence-corrected chi connectivity index (χ2v) is 6.50. The maximum atomic E-state index is 4.00.